The van der Waals surface area contributed by atoms with Crippen LogP contribution in [-0.2, 0) is 0 Å². The molecule has 1 amide bonds. The molecule has 0 aliphatic carbocycles. The number of hydrogen-bond acceptors (Lipinski definition) is 6. The SMILES string of the molecule is Cc1c(C#N)ccnc1O[C@@H]1CCCN(C(=O)c2ccc(Cl)cc2-n2nccn2)C1. The van der Waals surface area contributed by atoms with Crippen molar-refractivity contribution < 1.29 is 9.53 Å². The summed E-state index contributed by atoms with van der Waals surface area (Å²) in [7, 11) is 0. The second-order valence-electron chi connectivity index (χ2n) is 7.01. The molecular weight excluding hydrogens is 404 g/mol. The van der Waals surface area contributed by atoms with Gasteiger partial charge in [0.25, 0.3) is 5.91 Å². The van der Waals surface area contributed by atoms with Gasteiger partial charge in [-0.1, -0.05) is 11.6 Å². The fraction of sp³-hybridized carbons (Fsp3) is 0.286. The minimum absolute atomic E-state index is 0.136. The first-order valence-electron chi connectivity index (χ1n) is 9.54. The minimum Gasteiger partial charge on any atom is -0.472 e. The third-order valence-corrected chi connectivity index (χ3v) is 5.28. The molecule has 1 aliphatic heterocycles. The molecule has 152 valence electrons. The van der Waals surface area contributed by atoms with Crippen molar-refractivity contribution in [1.82, 2.24) is 24.9 Å². The number of ether oxygens (including phenoxy) is 1. The molecule has 4 rings (SSSR count). The van der Waals surface area contributed by atoms with Crippen LogP contribution in [0.5, 0.6) is 5.88 Å². The van der Waals surface area contributed by atoms with Gasteiger partial charge in [0.1, 0.15) is 6.10 Å². The summed E-state index contributed by atoms with van der Waals surface area (Å²) < 4.78 is 6.06. The standard InChI is InChI=1S/C21H19ClN6O2/c1-14-15(12-23)6-7-24-20(14)30-17-3-2-10-27(13-17)21(29)18-5-4-16(22)11-19(18)28-25-8-9-26-28/h4-9,11,17H,2-3,10,13H2,1H3/t17-/m1/s1. The van der Waals surface area contributed by atoms with E-state index < -0.39 is 0 Å². The Kier molecular flexibility index (Phi) is 5.63. The first kappa shape index (κ1) is 19.9. The Morgan fingerprint density at radius 1 is 1.27 bits per heavy atom. The van der Waals surface area contributed by atoms with Gasteiger partial charge in [-0.3, -0.25) is 4.79 Å². The molecule has 8 nitrogen and oxygen atoms in total. The van der Waals surface area contributed by atoms with Crippen LogP contribution in [0.4, 0.5) is 0 Å². The van der Waals surface area contributed by atoms with Crippen LogP contribution in [0.1, 0.15) is 34.3 Å². The summed E-state index contributed by atoms with van der Waals surface area (Å²) in [5.41, 5.74) is 2.23. The highest BCUT2D eigenvalue weighted by Crippen LogP contribution is 2.25. The Morgan fingerprint density at radius 3 is 2.83 bits per heavy atom. The van der Waals surface area contributed by atoms with E-state index in [1.807, 2.05) is 6.92 Å². The van der Waals surface area contributed by atoms with E-state index in [2.05, 4.69) is 21.3 Å². The fourth-order valence-corrected chi connectivity index (χ4v) is 3.66. The molecule has 1 saturated heterocycles. The number of aromatic nitrogens is 4. The molecule has 0 N–H and O–H groups in total. The molecule has 1 atom stereocenters. The van der Waals surface area contributed by atoms with Gasteiger partial charge in [-0.05, 0) is 44.0 Å². The van der Waals surface area contributed by atoms with Crippen LogP contribution in [0.25, 0.3) is 5.69 Å². The second kappa shape index (κ2) is 8.51. The molecule has 0 spiro atoms. The predicted molar refractivity (Wildman–Crippen MR) is 110 cm³/mol. The van der Waals surface area contributed by atoms with Gasteiger partial charge in [-0.25, -0.2) is 4.98 Å². The van der Waals surface area contributed by atoms with Crippen molar-refractivity contribution in [2.75, 3.05) is 13.1 Å². The lowest BCUT2D eigenvalue weighted by Crippen LogP contribution is -2.44. The second-order valence-corrected chi connectivity index (χ2v) is 7.45. The Bertz CT molecular complexity index is 1110. The first-order chi connectivity index (χ1) is 14.6. The monoisotopic (exact) mass is 422 g/mol. The Hall–Kier alpha value is -3.44. The van der Waals surface area contributed by atoms with Crippen molar-refractivity contribution in [1.29, 1.82) is 5.26 Å². The summed E-state index contributed by atoms with van der Waals surface area (Å²) in [4.78, 5) is 20.7. The molecule has 1 aliphatic rings. The van der Waals surface area contributed by atoms with Crippen molar-refractivity contribution in [2.24, 2.45) is 0 Å². The van der Waals surface area contributed by atoms with Crippen LogP contribution in [0.3, 0.4) is 0 Å². The summed E-state index contributed by atoms with van der Waals surface area (Å²) in [6, 6.07) is 8.84. The molecule has 1 fully saturated rings. The number of amides is 1. The predicted octanol–water partition coefficient (Wildman–Crippen LogP) is 3.18. The van der Waals surface area contributed by atoms with Gasteiger partial charge in [0, 0.05) is 23.3 Å². The average molecular weight is 423 g/mol. The maximum atomic E-state index is 13.3. The number of likely N-dealkylation sites (tertiary alicyclic amines) is 1. The molecule has 3 aromatic rings. The highest BCUT2D eigenvalue weighted by atomic mass is 35.5. The Balaban J connectivity index is 1.55. The van der Waals surface area contributed by atoms with E-state index in [4.69, 9.17) is 16.3 Å². The molecule has 1 aromatic carbocycles. The summed E-state index contributed by atoms with van der Waals surface area (Å²) in [6.45, 7) is 2.85. The van der Waals surface area contributed by atoms with E-state index in [9.17, 15) is 10.1 Å². The van der Waals surface area contributed by atoms with Crippen LogP contribution in [0, 0.1) is 18.3 Å². The molecule has 0 radical (unpaired) electrons. The zero-order valence-electron chi connectivity index (χ0n) is 16.3. The quantitative estimate of drug-likeness (QED) is 0.640. The van der Waals surface area contributed by atoms with E-state index in [0.717, 1.165) is 12.8 Å². The number of benzene rings is 1. The topological polar surface area (TPSA) is 96.9 Å². The van der Waals surface area contributed by atoms with E-state index in [0.29, 0.717) is 46.4 Å². The number of nitrogens with zero attached hydrogens (tertiary/aromatic N) is 6. The van der Waals surface area contributed by atoms with Crippen molar-refractivity contribution >= 4 is 17.5 Å². The van der Waals surface area contributed by atoms with Crippen LogP contribution in [0.15, 0.2) is 42.9 Å². The number of hydrogen-bond donors (Lipinski definition) is 0. The third-order valence-electron chi connectivity index (χ3n) is 5.05. The van der Waals surface area contributed by atoms with Gasteiger partial charge in [0.2, 0.25) is 5.88 Å². The van der Waals surface area contributed by atoms with E-state index in [1.54, 1.807) is 47.8 Å². The summed E-state index contributed by atoms with van der Waals surface area (Å²) in [5.74, 6) is 0.295. The highest BCUT2D eigenvalue weighted by Gasteiger charge is 2.28. The zero-order chi connectivity index (χ0) is 21.1. The van der Waals surface area contributed by atoms with Crippen LogP contribution < -0.4 is 4.74 Å². The summed E-state index contributed by atoms with van der Waals surface area (Å²) in [6.07, 6.45) is 6.05. The summed E-state index contributed by atoms with van der Waals surface area (Å²) in [5, 5.41) is 18.0. The molecular formula is C21H19ClN6O2. The van der Waals surface area contributed by atoms with Gasteiger partial charge in [-0.15, -0.1) is 0 Å². The third kappa shape index (κ3) is 3.98. The van der Waals surface area contributed by atoms with E-state index >= 15 is 0 Å². The molecule has 30 heavy (non-hydrogen) atoms. The van der Waals surface area contributed by atoms with E-state index in [-0.39, 0.29) is 12.0 Å². The fourth-order valence-electron chi connectivity index (χ4n) is 3.49. The highest BCUT2D eigenvalue weighted by molar-refractivity contribution is 6.31. The number of piperidine rings is 1. The summed E-state index contributed by atoms with van der Waals surface area (Å²) >= 11 is 6.13. The van der Waals surface area contributed by atoms with Crippen molar-refractivity contribution in [3.8, 4) is 17.6 Å². The van der Waals surface area contributed by atoms with Gasteiger partial charge in [0.15, 0.2) is 0 Å². The van der Waals surface area contributed by atoms with Crippen LogP contribution in [-0.4, -0.2) is 50.0 Å². The van der Waals surface area contributed by atoms with Crippen molar-refractivity contribution in [3.05, 3.63) is 64.6 Å². The van der Waals surface area contributed by atoms with Crippen LogP contribution >= 0.6 is 11.6 Å². The normalized spacial score (nSPS) is 16.2. The molecule has 9 heteroatoms. The zero-order valence-corrected chi connectivity index (χ0v) is 17.1. The molecule has 0 unspecified atom stereocenters. The van der Waals surface area contributed by atoms with Gasteiger partial charge >= 0.3 is 0 Å². The smallest absolute Gasteiger partial charge is 0.256 e. The maximum Gasteiger partial charge on any atom is 0.256 e. The Morgan fingerprint density at radius 2 is 2.07 bits per heavy atom. The number of rotatable bonds is 4. The van der Waals surface area contributed by atoms with Crippen molar-refractivity contribution in [2.45, 2.75) is 25.9 Å². The van der Waals surface area contributed by atoms with E-state index in [1.165, 1.54) is 4.80 Å². The van der Waals surface area contributed by atoms with Gasteiger partial charge in [0.05, 0.1) is 41.8 Å². The number of nitriles is 1. The lowest BCUT2D eigenvalue weighted by molar-refractivity contribution is 0.0526. The molecule has 0 saturated carbocycles. The molecule has 3 heterocycles. The van der Waals surface area contributed by atoms with Gasteiger partial charge < -0.3 is 9.64 Å². The lowest BCUT2D eigenvalue weighted by atomic mass is 10.1. The van der Waals surface area contributed by atoms with Gasteiger partial charge in [-0.2, -0.15) is 20.3 Å². The number of carbonyl (C=O) groups excluding carboxylic acids is 1. The first-order valence-corrected chi connectivity index (χ1v) is 9.92. The molecule has 0 bridgehead atoms. The largest absolute Gasteiger partial charge is 0.472 e. The minimum atomic E-state index is -0.207. The van der Waals surface area contributed by atoms with Crippen LogP contribution in [0.2, 0.25) is 5.02 Å². The number of carbonyl (C=O) groups is 1. The average Bonchev–Trinajstić information content (AvgIpc) is 3.30. The maximum absolute atomic E-state index is 13.3. The molecule has 2 aromatic heterocycles. The lowest BCUT2D eigenvalue weighted by Gasteiger charge is -2.33. The van der Waals surface area contributed by atoms with Crippen molar-refractivity contribution in [3.63, 3.8) is 0 Å². The number of halogens is 1. The number of pyridine rings is 1. The Labute approximate surface area is 178 Å².